The molecule has 1 aromatic heterocycles. The molecular formula is C28H31F3N4O5. The van der Waals surface area contributed by atoms with Crippen LogP contribution in [0.2, 0.25) is 0 Å². The number of amides is 2. The van der Waals surface area contributed by atoms with Crippen molar-refractivity contribution in [1.82, 2.24) is 15.3 Å². The van der Waals surface area contributed by atoms with Gasteiger partial charge in [0.15, 0.2) is 0 Å². The van der Waals surface area contributed by atoms with E-state index < -0.39 is 54.0 Å². The molecule has 0 saturated heterocycles. The molecule has 3 unspecified atom stereocenters. The third-order valence-corrected chi connectivity index (χ3v) is 7.28. The first kappa shape index (κ1) is 29.2. The second-order valence-corrected chi connectivity index (χ2v) is 10.1. The molecule has 9 nitrogen and oxygen atoms in total. The number of para-hydroxylation sites is 2. The van der Waals surface area contributed by atoms with Crippen molar-refractivity contribution in [2.45, 2.75) is 69.1 Å². The van der Waals surface area contributed by atoms with Gasteiger partial charge < -0.3 is 26.0 Å². The van der Waals surface area contributed by atoms with Crippen LogP contribution in [0.1, 0.15) is 54.6 Å². The summed E-state index contributed by atoms with van der Waals surface area (Å²) < 4.78 is 42.3. The summed E-state index contributed by atoms with van der Waals surface area (Å²) in [6, 6.07) is 10.9. The van der Waals surface area contributed by atoms with Crippen LogP contribution in [0.4, 0.5) is 13.2 Å². The highest BCUT2D eigenvalue weighted by Crippen LogP contribution is 2.36. The summed E-state index contributed by atoms with van der Waals surface area (Å²) in [5, 5.41) is 25.3. The highest BCUT2D eigenvalue weighted by molar-refractivity contribution is 5.94. The van der Waals surface area contributed by atoms with Gasteiger partial charge in [0.05, 0.1) is 29.4 Å². The Morgan fingerprint density at radius 2 is 1.77 bits per heavy atom. The van der Waals surface area contributed by atoms with E-state index in [0.29, 0.717) is 29.4 Å². The van der Waals surface area contributed by atoms with Crippen LogP contribution in [0.15, 0.2) is 54.7 Å². The van der Waals surface area contributed by atoms with Crippen LogP contribution < -0.4 is 15.8 Å². The molecule has 0 aliphatic heterocycles. The largest absolute Gasteiger partial charge is 0.573 e. The molecule has 1 fully saturated rings. The number of aliphatic hydroxyl groups is 2. The summed E-state index contributed by atoms with van der Waals surface area (Å²) in [4.78, 5) is 34.1. The first-order valence-electron chi connectivity index (χ1n) is 13.0. The molecule has 40 heavy (non-hydrogen) atoms. The second kappa shape index (κ2) is 12.2. The lowest BCUT2D eigenvalue weighted by Crippen LogP contribution is -2.56. The number of aliphatic hydroxyl groups excluding tert-OH is 1. The minimum Gasteiger partial charge on any atom is -0.406 e. The molecule has 0 radical (unpaired) electrons. The number of nitrogens with zero attached hydrogens (tertiary/aromatic N) is 2. The predicted octanol–water partition coefficient (Wildman–Crippen LogP) is 3.42. The van der Waals surface area contributed by atoms with Crippen molar-refractivity contribution >= 4 is 22.8 Å². The van der Waals surface area contributed by atoms with Gasteiger partial charge in [-0.15, -0.1) is 13.2 Å². The predicted molar refractivity (Wildman–Crippen MR) is 139 cm³/mol. The molecular weight excluding hydrogens is 529 g/mol. The average Bonchev–Trinajstić information content (AvgIpc) is 2.92. The summed E-state index contributed by atoms with van der Waals surface area (Å²) in [6.45, 7) is 0. The van der Waals surface area contributed by atoms with E-state index in [1.807, 2.05) is 0 Å². The zero-order valence-corrected chi connectivity index (χ0v) is 21.6. The van der Waals surface area contributed by atoms with E-state index in [1.54, 1.807) is 24.3 Å². The zero-order chi connectivity index (χ0) is 28.9. The molecule has 1 saturated carbocycles. The molecule has 12 heteroatoms. The lowest BCUT2D eigenvalue weighted by molar-refractivity contribution is -0.274. The number of hydrogen-bond acceptors (Lipinski definition) is 7. The minimum absolute atomic E-state index is 0.0532. The van der Waals surface area contributed by atoms with Crippen molar-refractivity contribution in [3.63, 3.8) is 0 Å². The summed E-state index contributed by atoms with van der Waals surface area (Å²) in [6.07, 6.45) is -2.12. The van der Waals surface area contributed by atoms with Crippen molar-refractivity contribution in [1.29, 1.82) is 0 Å². The van der Waals surface area contributed by atoms with Gasteiger partial charge in [-0.05, 0) is 55.0 Å². The van der Waals surface area contributed by atoms with Crippen LogP contribution in [0.5, 0.6) is 5.75 Å². The molecule has 1 aliphatic rings. The molecule has 3 aromatic rings. The number of fused-ring (bicyclic) bond motifs is 1. The number of hydrogen-bond donors (Lipinski definition) is 4. The average molecular weight is 561 g/mol. The summed E-state index contributed by atoms with van der Waals surface area (Å²) in [7, 11) is 0. The molecule has 0 spiro atoms. The Labute approximate surface area is 228 Å². The van der Waals surface area contributed by atoms with Crippen molar-refractivity contribution in [2.24, 2.45) is 11.7 Å². The number of nitrogens with one attached hydrogen (secondary N) is 1. The third kappa shape index (κ3) is 7.24. The number of rotatable bonds is 10. The van der Waals surface area contributed by atoms with Crippen molar-refractivity contribution in [3.05, 3.63) is 66.0 Å². The minimum atomic E-state index is -4.90. The number of primary amides is 1. The monoisotopic (exact) mass is 560 g/mol. The standard InChI is InChI=1S/C28H31F3N4O5/c29-28(30,31)40-19-10-6-7-17(13-19)14-22(24(36)15-27(39,26(32)38)18-8-2-1-3-9-18)35-25(37)23-16-33-20-11-4-5-12-21(20)34-23/h4-7,10-13,16,18,22,24,36,39H,1-3,8-9,14-15H2,(H2,32,38)(H,35,37). The fourth-order valence-corrected chi connectivity index (χ4v) is 5.23. The summed E-state index contributed by atoms with van der Waals surface area (Å²) >= 11 is 0. The van der Waals surface area contributed by atoms with E-state index >= 15 is 0 Å². The van der Waals surface area contributed by atoms with Gasteiger partial charge in [0.1, 0.15) is 17.0 Å². The topological polar surface area (TPSA) is 148 Å². The Balaban J connectivity index is 1.61. The van der Waals surface area contributed by atoms with Gasteiger partial charge in [-0.3, -0.25) is 14.6 Å². The quantitative estimate of drug-likeness (QED) is 0.297. The van der Waals surface area contributed by atoms with Crippen LogP contribution in [-0.4, -0.2) is 56.1 Å². The normalized spacial score (nSPS) is 17.5. The Hall–Kier alpha value is -3.77. The number of carbonyl (C=O) groups is 2. The Kier molecular flexibility index (Phi) is 8.89. The van der Waals surface area contributed by atoms with Crippen LogP contribution >= 0.6 is 0 Å². The first-order chi connectivity index (χ1) is 18.9. The van der Waals surface area contributed by atoms with Crippen molar-refractivity contribution in [2.75, 3.05) is 0 Å². The summed E-state index contributed by atoms with van der Waals surface area (Å²) in [5.41, 5.74) is 4.84. The Bertz CT molecular complexity index is 1350. The van der Waals surface area contributed by atoms with E-state index in [9.17, 15) is 33.0 Å². The molecule has 4 rings (SSSR count). The highest BCUT2D eigenvalue weighted by Gasteiger charge is 2.45. The van der Waals surface area contributed by atoms with Gasteiger partial charge in [0.2, 0.25) is 5.91 Å². The maximum atomic E-state index is 13.2. The fraction of sp³-hybridized carbons (Fsp3) is 0.429. The van der Waals surface area contributed by atoms with Gasteiger partial charge in [0.25, 0.3) is 5.91 Å². The zero-order valence-electron chi connectivity index (χ0n) is 21.6. The molecule has 214 valence electrons. The number of nitrogens with two attached hydrogens (primary N) is 1. The smallest absolute Gasteiger partial charge is 0.406 e. The third-order valence-electron chi connectivity index (χ3n) is 7.28. The highest BCUT2D eigenvalue weighted by atomic mass is 19.4. The number of alkyl halides is 3. The van der Waals surface area contributed by atoms with Crippen molar-refractivity contribution < 1.29 is 37.7 Å². The lowest BCUT2D eigenvalue weighted by Gasteiger charge is -2.38. The van der Waals surface area contributed by atoms with Gasteiger partial charge in [-0.1, -0.05) is 43.5 Å². The van der Waals surface area contributed by atoms with Crippen LogP contribution in [0.3, 0.4) is 0 Å². The molecule has 0 bridgehead atoms. The Morgan fingerprint density at radius 1 is 1.07 bits per heavy atom. The van der Waals surface area contributed by atoms with E-state index in [0.717, 1.165) is 31.4 Å². The maximum Gasteiger partial charge on any atom is 0.573 e. The van der Waals surface area contributed by atoms with Gasteiger partial charge in [0, 0.05) is 6.42 Å². The van der Waals surface area contributed by atoms with Crippen LogP contribution in [-0.2, 0) is 11.2 Å². The number of benzene rings is 2. The van der Waals surface area contributed by atoms with Crippen LogP contribution in [0, 0.1) is 5.92 Å². The van der Waals surface area contributed by atoms with Gasteiger partial charge in [-0.2, -0.15) is 0 Å². The van der Waals surface area contributed by atoms with E-state index in [1.165, 1.54) is 18.3 Å². The molecule has 2 aromatic carbocycles. The Morgan fingerprint density at radius 3 is 2.45 bits per heavy atom. The molecule has 5 N–H and O–H groups in total. The number of halogens is 3. The van der Waals surface area contributed by atoms with E-state index in [4.69, 9.17) is 5.73 Å². The van der Waals surface area contributed by atoms with E-state index in [2.05, 4.69) is 20.0 Å². The maximum absolute atomic E-state index is 13.2. The summed E-state index contributed by atoms with van der Waals surface area (Å²) in [5.74, 6) is -2.63. The number of ether oxygens (including phenoxy) is 1. The molecule has 3 atom stereocenters. The molecule has 2 amide bonds. The van der Waals surface area contributed by atoms with Gasteiger partial charge in [-0.25, -0.2) is 4.98 Å². The second-order valence-electron chi connectivity index (χ2n) is 10.1. The number of aromatic nitrogens is 2. The first-order valence-corrected chi connectivity index (χ1v) is 13.0. The SMILES string of the molecule is NC(=O)C(O)(CC(O)C(Cc1cccc(OC(F)(F)F)c1)NC(=O)c1cnc2ccccc2n1)C1CCCCC1. The molecule has 1 heterocycles. The fourth-order valence-electron chi connectivity index (χ4n) is 5.23. The molecule has 1 aliphatic carbocycles. The van der Waals surface area contributed by atoms with Gasteiger partial charge >= 0.3 is 6.36 Å². The van der Waals surface area contributed by atoms with Crippen molar-refractivity contribution in [3.8, 4) is 5.75 Å². The number of carbonyl (C=O) groups excluding carboxylic acids is 2. The lowest BCUT2D eigenvalue weighted by atomic mass is 9.73. The van der Waals surface area contributed by atoms with E-state index in [-0.39, 0.29) is 12.1 Å². The van der Waals surface area contributed by atoms with Crippen LogP contribution in [0.25, 0.3) is 11.0 Å².